The monoisotopic (exact) mass is 364 g/mol. The number of aliphatic carboxylic acids is 4. The van der Waals surface area contributed by atoms with Crippen LogP contribution in [-0.2, 0) is 19.2 Å². The molecule has 1 aliphatic carbocycles. The van der Waals surface area contributed by atoms with Gasteiger partial charge < -0.3 is 37.4 Å². The van der Waals surface area contributed by atoms with E-state index in [1.807, 2.05) is 0 Å². The zero-order valence-corrected chi connectivity index (χ0v) is 13.5. The fourth-order valence-electron chi connectivity index (χ4n) is 3.97. The van der Waals surface area contributed by atoms with Gasteiger partial charge in [0.1, 0.15) is 0 Å². The van der Waals surface area contributed by atoms with E-state index in [2.05, 4.69) is 0 Å². The summed E-state index contributed by atoms with van der Waals surface area (Å²) >= 11 is 0. The van der Waals surface area contributed by atoms with Gasteiger partial charge in [-0.2, -0.15) is 0 Å². The van der Waals surface area contributed by atoms with E-state index in [9.17, 15) is 34.5 Å². The normalized spacial score (nSPS) is 27.8. The summed E-state index contributed by atoms with van der Waals surface area (Å²) < 4.78 is 0. The Labute approximate surface area is 142 Å². The van der Waals surface area contributed by atoms with Crippen LogP contribution in [0.3, 0.4) is 0 Å². The van der Waals surface area contributed by atoms with Crippen molar-refractivity contribution in [2.45, 2.75) is 56.0 Å². The molecule has 0 unspecified atom stereocenters. The van der Waals surface area contributed by atoms with Crippen molar-refractivity contribution >= 4 is 23.9 Å². The number of nitrogens with two attached hydrogens (primary N) is 2. The molecule has 0 radical (unpaired) electrons. The molecule has 144 valence electrons. The average Bonchev–Trinajstić information content (AvgIpc) is 2.33. The molecule has 25 heavy (non-hydrogen) atoms. The lowest BCUT2D eigenvalue weighted by molar-refractivity contribution is -0.158. The van der Waals surface area contributed by atoms with Crippen LogP contribution in [0.5, 0.6) is 0 Å². The van der Waals surface area contributed by atoms with Gasteiger partial charge >= 0.3 is 23.9 Å². The van der Waals surface area contributed by atoms with Crippen LogP contribution in [0.25, 0.3) is 0 Å². The summed E-state index contributed by atoms with van der Waals surface area (Å²) in [6.07, 6.45) is -2.57. The molecule has 11 heteroatoms. The van der Waals surface area contributed by atoms with Gasteiger partial charge in [0.25, 0.3) is 0 Å². The topological polar surface area (TPSA) is 233 Å². The van der Waals surface area contributed by atoms with E-state index in [1.54, 1.807) is 0 Å². The smallest absolute Gasteiger partial charge is 0.305 e. The predicted molar refractivity (Wildman–Crippen MR) is 82.7 cm³/mol. The van der Waals surface area contributed by atoms with Crippen molar-refractivity contribution in [1.82, 2.24) is 0 Å². The van der Waals surface area contributed by atoms with Crippen molar-refractivity contribution in [3.05, 3.63) is 0 Å². The molecule has 0 aromatic heterocycles. The second-order valence-corrected chi connectivity index (χ2v) is 6.54. The Kier molecular flexibility index (Phi) is 7.07. The summed E-state index contributed by atoms with van der Waals surface area (Å²) in [5, 5.41) is 36.8. The third-order valence-corrected chi connectivity index (χ3v) is 4.99. The second kappa shape index (κ2) is 7.76. The first kappa shape index (κ1) is 22.8. The van der Waals surface area contributed by atoms with Gasteiger partial charge in [0, 0.05) is 11.0 Å². The molecular weight excluding hydrogens is 340 g/mol. The molecule has 1 rings (SSSR count). The lowest BCUT2D eigenvalue weighted by Gasteiger charge is -2.59. The molecule has 2 atom stereocenters. The van der Waals surface area contributed by atoms with Crippen LogP contribution in [0.1, 0.15) is 44.9 Å². The van der Waals surface area contributed by atoms with E-state index >= 15 is 0 Å². The van der Waals surface area contributed by atoms with E-state index in [4.69, 9.17) is 16.6 Å². The fraction of sp³-hybridized carbons (Fsp3) is 0.714. The van der Waals surface area contributed by atoms with E-state index in [-0.39, 0.29) is 24.7 Å². The molecule has 0 heterocycles. The third kappa shape index (κ3) is 4.44. The molecule has 1 fully saturated rings. The van der Waals surface area contributed by atoms with Gasteiger partial charge in [-0.15, -0.1) is 0 Å². The number of hydrogen-bond acceptors (Lipinski definition) is 6. The molecule has 0 aromatic carbocycles. The van der Waals surface area contributed by atoms with Crippen LogP contribution in [0.2, 0.25) is 0 Å². The summed E-state index contributed by atoms with van der Waals surface area (Å²) in [6.45, 7) is 0. The maximum absolute atomic E-state index is 11.3. The molecule has 1 saturated carbocycles. The van der Waals surface area contributed by atoms with Crippen molar-refractivity contribution in [3.8, 4) is 0 Å². The maximum Gasteiger partial charge on any atom is 0.305 e. The van der Waals surface area contributed by atoms with Crippen molar-refractivity contribution < 1.29 is 45.1 Å². The summed E-state index contributed by atoms with van der Waals surface area (Å²) in [7, 11) is 0. The molecule has 0 aliphatic heterocycles. The van der Waals surface area contributed by atoms with Crippen molar-refractivity contribution in [1.29, 1.82) is 0 Å². The highest BCUT2D eigenvalue weighted by atomic mass is 16.4. The van der Waals surface area contributed by atoms with Crippen LogP contribution >= 0.6 is 0 Å². The molecule has 11 nitrogen and oxygen atoms in total. The molecule has 0 saturated heterocycles. The van der Waals surface area contributed by atoms with Gasteiger partial charge in [0.2, 0.25) is 0 Å². The highest BCUT2D eigenvalue weighted by molar-refractivity contribution is 5.76. The molecule has 0 aromatic rings. The summed E-state index contributed by atoms with van der Waals surface area (Å²) in [5.74, 6) is -5.42. The molecule has 0 amide bonds. The fourth-order valence-corrected chi connectivity index (χ4v) is 3.97. The summed E-state index contributed by atoms with van der Waals surface area (Å²) in [6, 6.07) is 0. The lowest BCUT2D eigenvalue weighted by Crippen LogP contribution is -2.76. The van der Waals surface area contributed by atoms with Gasteiger partial charge in [-0.05, 0) is 12.8 Å². The first-order valence-corrected chi connectivity index (χ1v) is 7.32. The predicted octanol–water partition coefficient (Wildman–Crippen LogP) is -1.37. The van der Waals surface area contributed by atoms with Crippen molar-refractivity contribution in [2.24, 2.45) is 16.9 Å². The van der Waals surface area contributed by atoms with Crippen LogP contribution in [0, 0.1) is 5.41 Å². The maximum atomic E-state index is 11.3. The van der Waals surface area contributed by atoms with Crippen molar-refractivity contribution in [2.75, 3.05) is 0 Å². The Bertz CT molecular complexity index is 549. The summed E-state index contributed by atoms with van der Waals surface area (Å²) in [4.78, 5) is 45.1. The minimum Gasteiger partial charge on any atom is -0.481 e. The van der Waals surface area contributed by atoms with E-state index < -0.39 is 66.1 Å². The first-order valence-electron chi connectivity index (χ1n) is 7.32. The Morgan fingerprint density at radius 1 is 0.720 bits per heavy atom. The third-order valence-electron chi connectivity index (χ3n) is 4.99. The van der Waals surface area contributed by atoms with Crippen LogP contribution in [0.4, 0.5) is 0 Å². The number of hydrogen-bond donors (Lipinski definition) is 6. The minimum absolute atomic E-state index is 0. The Morgan fingerprint density at radius 3 is 1.48 bits per heavy atom. The molecule has 0 bridgehead atoms. The second-order valence-electron chi connectivity index (χ2n) is 6.54. The van der Waals surface area contributed by atoms with E-state index in [1.165, 1.54) is 0 Å². The molecular formula is C14H24N2O9. The zero-order valence-electron chi connectivity index (χ0n) is 13.5. The van der Waals surface area contributed by atoms with Crippen LogP contribution < -0.4 is 11.5 Å². The average molecular weight is 364 g/mol. The quantitative estimate of drug-likeness (QED) is 0.295. The number of carbonyl (C=O) groups is 4. The SMILES string of the molecule is N[C@]1(CC(=O)O)CCCC(CC(=O)O)(CC(=O)O)[C@]1(N)CC(=O)O.O. The highest BCUT2D eigenvalue weighted by Gasteiger charge is 2.63. The van der Waals surface area contributed by atoms with Crippen LogP contribution in [-0.4, -0.2) is 60.9 Å². The Morgan fingerprint density at radius 2 is 1.12 bits per heavy atom. The van der Waals surface area contributed by atoms with Crippen molar-refractivity contribution in [3.63, 3.8) is 0 Å². The van der Waals surface area contributed by atoms with Gasteiger partial charge in [-0.1, -0.05) is 6.42 Å². The largest absolute Gasteiger partial charge is 0.481 e. The number of carboxylic acids is 4. The standard InChI is InChI=1S/C14H22N2O8.H2O/c15-13(6-10(21)22)3-1-2-12(4-8(17)18,5-9(19)20)14(13,16)7-11(23)24;/h1-7,15-16H2,(H,17,18)(H,19,20)(H,21,22)(H,23,24);1H2/t13-,14+;/m0./s1. The zero-order chi connectivity index (χ0) is 18.8. The van der Waals surface area contributed by atoms with Gasteiger partial charge in [-0.3, -0.25) is 19.2 Å². The minimum atomic E-state index is -2.00. The number of rotatable bonds is 8. The molecule has 10 N–H and O–H groups in total. The Hall–Kier alpha value is -2.24. The summed E-state index contributed by atoms with van der Waals surface area (Å²) in [5.41, 5.74) is 7.03. The molecule has 1 aliphatic rings. The number of carboxylic acid groups (broad SMARTS) is 4. The van der Waals surface area contributed by atoms with Gasteiger partial charge in [-0.25, -0.2) is 0 Å². The van der Waals surface area contributed by atoms with Gasteiger partial charge in [0.15, 0.2) is 0 Å². The van der Waals surface area contributed by atoms with Gasteiger partial charge in [0.05, 0.1) is 31.2 Å². The van der Waals surface area contributed by atoms with Crippen LogP contribution in [0.15, 0.2) is 0 Å². The highest BCUT2D eigenvalue weighted by Crippen LogP contribution is 2.54. The van der Waals surface area contributed by atoms with E-state index in [0.717, 1.165) is 0 Å². The molecule has 0 spiro atoms. The first-order chi connectivity index (χ1) is 10.9. The van der Waals surface area contributed by atoms with E-state index in [0.29, 0.717) is 0 Å². The lowest BCUT2D eigenvalue weighted by atomic mass is 9.49. The Balaban J connectivity index is 0.00000576.